The molecule has 4 nitrogen and oxygen atoms in total. The normalized spacial score (nSPS) is 9.55. The number of rotatable bonds is 2. The lowest BCUT2D eigenvalue weighted by molar-refractivity contribution is -0.384. The summed E-state index contributed by atoms with van der Waals surface area (Å²) in [5, 5.41) is 10.2. The van der Waals surface area contributed by atoms with Gasteiger partial charge in [0.2, 0.25) is 0 Å². The first-order valence-corrected chi connectivity index (χ1v) is 3.73. The van der Waals surface area contributed by atoms with Gasteiger partial charge in [0.25, 0.3) is 5.69 Å². The molecule has 0 spiro atoms. The van der Waals surface area contributed by atoms with Crippen molar-refractivity contribution in [1.82, 2.24) is 0 Å². The van der Waals surface area contributed by atoms with Crippen LogP contribution < -0.4 is 0 Å². The zero-order valence-corrected chi connectivity index (χ0v) is 6.69. The predicted octanol–water partition coefficient (Wildman–Crippen LogP) is 2.12. The molecule has 0 N–H and O–H groups in total. The van der Waals surface area contributed by atoms with Crippen molar-refractivity contribution in [1.29, 1.82) is 0 Å². The molecule has 0 bridgehead atoms. The van der Waals surface area contributed by atoms with Crippen LogP contribution in [0.5, 0.6) is 0 Å². The van der Waals surface area contributed by atoms with Gasteiger partial charge in [-0.3, -0.25) is 14.9 Å². The summed E-state index contributed by atoms with van der Waals surface area (Å²) in [6, 6.07) is 1.16. The molecule has 0 fully saturated rings. The van der Waals surface area contributed by atoms with E-state index in [9.17, 15) is 14.9 Å². The number of nitro groups is 1. The van der Waals surface area contributed by atoms with Gasteiger partial charge in [0.15, 0.2) is 6.29 Å². The summed E-state index contributed by atoms with van der Waals surface area (Å²) in [5.74, 6) is 0. The van der Waals surface area contributed by atoms with Crippen molar-refractivity contribution in [2.45, 2.75) is 0 Å². The Bertz CT molecular complexity index is 309. The van der Waals surface area contributed by atoms with Crippen LogP contribution in [0, 0.1) is 10.1 Å². The molecule has 0 atom stereocenters. The summed E-state index contributed by atoms with van der Waals surface area (Å²) in [5.41, 5.74) is -0.227. The second kappa shape index (κ2) is 2.98. The zero-order valence-electron chi connectivity index (χ0n) is 5.11. The Morgan fingerprint density at radius 3 is 2.73 bits per heavy atom. The van der Waals surface area contributed by atoms with Gasteiger partial charge in [-0.25, -0.2) is 0 Å². The standard InChI is InChI=1S/C5H2ClNO3S/c6-5-1-3(7(9)10)4(2-8)11-5/h1-2H. The molecule has 1 aromatic rings. The van der Waals surface area contributed by atoms with Crippen LogP contribution in [0.2, 0.25) is 4.34 Å². The molecule has 0 saturated heterocycles. The fraction of sp³-hybridized carbons (Fsp3) is 0. The van der Waals surface area contributed by atoms with Crippen molar-refractivity contribution in [3.05, 3.63) is 25.4 Å². The summed E-state index contributed by atoms with van der Waals surface area (Å²) in [4.78, 5) is 19.8. The minimum atomic E-state index is -0.633. The number of aldehydes is 1. The summed E-state index contributed by atoms with van der Waals surface area (Å²) < 4.78 is 0.249. The van der Waals surface area contributed by atoms with Gasteiger partial charge in [0.1, 0.15) is 9.21 Å². The predicted molar refractivity (Wildman–Crippen MR) is 41.4 cm³/mol. The van der Waals surface area contributed by atoms with Crippen LogP contribution in [-0.2, 0) is 0 Å². The van der Waals surface area contributed by atoms with Crippen LogP contribution in [-0.4, -0.2) is 11.2 Å². The topological polar surface area (TPSA) is 60.2 Å². The average molecular weight is 192 g/mol. The molecule has 0 amide bonds. The van der Waals surface area contributed by atoms with Gasteiger partial charge < -0.3 is 0 Å². The van der Waals surface area contributed by atoms with Crippen LogP contribution in [0.25, 0.3) is 0 Å². The van der Waals surface area contributed by atoms with E-state index in [-0.39, 0.29) is 14.9 Å². The van der Waals surface area contributed by atoms with E-state index in [1.54, 1.807) is 0 Å². The average Bonchev–Trinajstić information content (AvgIpc) is 2.30. The molecule has 6 heteroatoms. The van der Waals surface area contributed by atoms with Crippen molar-refractivity contribution in [2.75, 3.05) is 0 Å². The molecule has 1 aromatic heterocycles. The third-order valence-corrected chi connectivity index (χ3v) is 2.19. The quantitative estimate of drug-likeness (QED) is 0.409. The lowest BCUT2D eigenvalue weighted by Gasteiger charge is -1.82. The second-order valence-electron chi connectivity index (χ2n) is 1.67. The minimum Gasteiger partial charge on any atom is -0.297 e. The van der Waals surface area contributed by atoms with E-state index in [2.05, 4.69) is 0 Å². The van der Waals surface area contributed by atoms with Gasteiger partial charge >= 0.3 is 0 Å². The van der Waals surface area contributed by atoms with Crippen molar-refractivity contribution in [2.24, 2.45) is 0 Å². The number of hydrogen-bond acceptors (Lipinski definition) is 4. The van der Waals surface area contributed by atoms with Crippen LogP contribution in [0.4, 0.5) is 5.69 Å². The van der Waals surface area contributed by atoms with Gasteiger partial charge in [-0.15, -0.1) is 11.3 Å². The molecule has 0 saturated carbocycles. The lowest BCUT2D eigenvalue weighted by Crippen LogP contribution is -1.87. The van der Waals surface area contributed by atoms with Gasteiger partial charge in [0.05, 0.1) is 4.92 Å². The number of halogens is 1. The largest absolute Gasteiger partial charge is 0.297 e. The molecule has 0 aliphatic rings. The van der Waals surface area contributed by atoms with Crippen molar-refractivity contribution in [3.8, 4) is 0 Å². The monoisotopic (exact) mass is 191 g/mol. The Balaban J connectivity index is 3.22. The first-order chi connectivity index (χ1) is 5.15. The van der Waals surface area contributed by atoms with Crippen molar-refractivity contribution < 1.29 is 9.72 Å². The van der Waals surface area contributed by atoms with Crippen molar-refractivity contribution >= 4 is 34.9 Å². The maximum Gasteiger partial charge on any atom is 0.292 e. The van der Waals surface area contributed by atoms with Crippen LogP contribution in [0.1, 0.15) is 9.67 Å². The van der Waals surface area contributed by atoms with E-state index < -0.39 is 4.92 Å². The molecule has 0 aliphatic heterocycles. The van der Waals surface area contributed by atoms with Gasteiger partial charge in [-0.05, 0) is 0 Å². The van der Waals surface area contributed by atoms with Gasteiger partial charge in [0, 0.05) is 6.07 Å². The van der Waals surface area contributed by atoms with E-state index >= 15 is 0 Å². The highest BCUT2D eigenvalue weighted by Crippen LogP contribution is 2.30. The fourth-order valence-electron chi connectivity index (χ4n) is 0.593. The number of nitrogens with zero attached hydrogens (tertiary/aromatic N) is 1. The molecular weight excluding hydrogens is 190 g/mol. The molecule has 1 heterocycles. The Morgan fingerprint density at radius 2 is 2.36 bits per heavy atom. The Hall–Kier alpha value is -0.940. The van der Waals surface area contributed by atoms with E-state index in [1.165, 1.54) is 0 Å². The van der Waals surface area contributed by atoms with E-state index in [0.717, 1.165) is 17.4 Å². The molecule has 0 aromatic carbocycles. The van der Waals surface area contributed by atoms with E-state index in [0.29, 0.717) is 6.29 Å². The van der Waals surface area contributed by atoms with Gasteiger partial charge in [-0.1, -0.05) is 11.6 Å². The highest BCUT2D eigenvalue weighted by molar-refractivity contribution is 7.18. The van der Waals surface area contributed by atoms with E-state index in [1.807, 2.05) is 0 Å². The third-order valence-electron chi connectivity index (χ3n) is 1.01. The minimum absolute atomic E-state index is 0.0556. The fourth-order valence-corrected chi connectivity index (χ4v) is 1.61. The molecular formula is C5H2ClNO3S. The first kappa shape index (κ1) is 8.16. The van der Waals surface area contributed by atoms with Crippen LogP contribution >= 0.6 is 22.9 Å². The molecule has 0 unspecified atom stereocenters. The van der Waals surface area contributed by atoms with Crippen LogP contribution in [0.15, 0.2) is 6.07 Å². The second-order valence-corrected chi connectivity index (χ2v) is 3.39. The molecule has 1 rings (SSSR count). The van der Waals surface area contributed by atoms with E-state index in [4.69, 9.17) is 11.6 Å². The Labute approximate surface area is 70.6 Å². The smallest absolute Gasteiger partial charge is 0.292 e. The molecule has 11 heavy (non-hydrogen) atoms. The SMILES string of the molecule is O=Cc1sc(Cl)cc1[N+](=O)[O-]. The molecule has 58 valence electrons. The lowest BCUT2D eigenvalue weighted by atomic mass is 10.4. The maximum atomic E-state index is 10.2. The Morgan fingerprint density at radius 1 is 1.73 bits per heavy atom. The van der Waals surface area contributed by atoms with Crippen molar-refractivity contribution in [3.63, 3.8) is 0 Å². The third kappa shape index (κ3) is 1.55. The number of thiophene rings is 1. The number of hydrogen-bond donors (Lipinski definition) is 0. The maximum absolute atomic E-state index is 10.2. The highest BCUT2D eigenvalue weighted by Gasteiger charge is 2.16. The van der Waals surface area contributed by atoms with Crippen LogP contribution in [0.3, 0.4) is 0 Å². The summed E-state index contributed by atoms with van der Waals surface area (Å²) in [7, 11) is 0. The summed E-state index contributed by atoms with van der Waals surface area (Å²) in [6.07, 6.45) is 0.425. The number of carbonyl (C=O) groups excluding carboxylic acids is 1. The molecule has 0 aliphatic carbocycles. The first-order valence-electron chi connectivity index (χ1n) is 2.54. The number of carbonyl (C=O) groups is 1. The zero-order chi connectivity index (χ0) is 8.43. The highest BCUT2D eigenvalue weighted by atomic mass is 35.5. The van der Waals surface area contributed by atoms with Gasteiger partial charge in [-0.2, -0.15) is 0 Å². The Kier molecular flexibility index (Phi) is 2.21. The summed E-state index contributed by atoms with van der Waals surface area (Å²) >= 11 is 6.34. The molecule has 0 radical (unpaired) electrons. The summed E-state index contributed by atoms with van der Waals surface area (Å²) in [6.45, 7) is 0.